The van der Waals surface area contributed by atoms with Crippen molar-refractivity contribution >= 4 is 35.4 Å². The predicted molar refractivity (Wildman–Crippen MR) is 159 cm³/mol. The van der Waals surface area contributed by atoms with Crippen LogP contribution in [-0.2, 0) is 0 Å². The van der Waals surface area contributed by atoms with E-state index >= 15 is 0 Å². The van der Waals surface area contributed by atoms with Crippen molar-refractivity contribution in [3.05, 3.63) is 155 Å². The van der Waals surface area contributed by atoms with E-state index in [9.17, 15) is 9.59 Å². The first-order chi connectivity index (χ1) is 19.5. The molecule has 0 saturated heterocycles. The summed E-state index contributed by atoms with van der Waals surface area (Å²) >= 11 is 0. The van der Waals surface area contributed by atoms with Gasteiger partial charge in [0.15, 0.2) is 0 Å². The van der Waals surface area contributed by atoms with Gasteiger partial charge in [0.05, 0.1) is 11.4 Å². The van der Waals surface area contributed by atoms with Crippen LogP contribution in [0.15, 0.2) is 131 Å². The number of aromatic nitrogens is 2. The number of H-pyrrole nitrogens is 2. The maximum atomic E-state index is 11.1. The zero-order valence-corrected chi connectivity index (χ0v) is 21.4. The molecule has 0 radical (unpaired) electrons. The van der Waals surface area contributed by atoms with Gasteiger partial charge in [0.1, 0.15) is 0 Å². The van der Waals surface area contributed by atoms with Crippen molar-refractivity contribution in [3.8, 4) is 0 Å². The van der Waals surface area contributed by atoms with Crippen LogP contribution in [-0.4, -0.2) is 34.2 Å². The number of rotatable bonds is 6. The lowest BCUT2D eigenvalue weighted by atomic mass is 9.99. The fourth-order valence-corrected chi connectivity index (χ4v) is 4.35. The highest BCUT2D eigenvalue weighted by Gasteiger charge is 2.14. The van der Waals surface area contributed by atoms with Crippen molar-refractivity contribution in [2.24, 2.45) is 21.5 Å². The average molecular weight is 527 g/mol. The lowest BCUT2D eigenvalue weighted by Gasteiger charge is -2.08. The van der Waals surface area contributed by atoms with Crippen LogP contribution in [0.5, 0.6) is 0 Å². The molecule has 4 aromatic rings. The summed E-state index contributed by atoms with van der Waals surface area (Å²) in [6.07, 6.45) is 15.0. The van der Waals surface area contributed by atoms with Crippen molar-refractivity contribution < 1.29 is 9.59 Å². The number of nitrogens with zero attached hydrogens (tertiary/aromatic N) is 2. The van der Waals surface area contributed by atoms with Crippen LogP contribution >= 0.6 is 0 Å². The fraction of sp³-hybridized carbons (Fsp3) is 0. The number of hydrogen-bond donors (Lipinski definition) is 4. The molecule has 0 unspecified atom stereocenters. The zero-order valence-electron chi connectivity index (χ0n) is 21.4. The number of nitrogens with two attached hydrogens (primary N) is 2. The molecule has 0 fully saturated rings. The SMILES string of the molecule is NC(=O)c1ccc(/C(=C2\C=CC=N2)c2ccc[nH]2)cc1.NC(=O)c1ccc(/C(=C2\C=CC=N2)c2ccc[nH]2)cc1. The van der Waals surface area contributed by atoms with Gasteiger partial charge in [-0.25, -0.2) is 0 Å². The minimum Gasteiger partial charge on any atom is -0.366 e. The van der Waals surface area contributed by atoms with Crippen molar-refractivity contribution in [1.29, 1.82) is 0 Å². The highest BCUT2D eigenvalue weighted by Crippen LogP contribution is 2.30. The van der Waals surface area contributed by atoms with E-state index in [1.54, 1.807) is 36.7 Å². The second kappa shape index (κ2) is 11.7. The molecule has 40 heavy (non-hydrogen) atoms. The number of hydrogen-bond acceptors (Lipinski definition) is 4. The number of carbonyl (C=O) groups is 2. The van der Waals surface area contributed by atoms with Gasteiger partial charge in [-0.1, -0.05) is 24.3 Å². The molecule has 0 atom stereocenters. The summed E-state index contributed by atoms with van der Waals surface area (Å²) in [5, 5.41) is 0. The minimum absolute atomic E-state index is 0.426. The van der Waals surface area contributed by atoms with Crippen molar-refractivity contribution in [2.75, 3.05) is 0 Å². The maximum absolute atomic E-state index is 11.1. The van der Waals surface area contributed by atoms with Crippen molar-refractivity contribution in [2.45, 2.75) is 0 Å². The lowest BCUT2D eigenvalue weighted by Crippen LogP contribution is -2.10. The van der Waals surface area contributed by atoms with Gasteiger partial charge in [-0.15, -0.1) is 0 Å². The van der Waals surface area contributed by atoms with Crippen LogP contribution in [0.1, 0.15) is 43.2 Å². The molecule has 8 heteroatoms. The van der Waals surface area contributed by atoms with E-state index in [2.05, 4.69) is 20.0 Å². The second-order valence-corrected chi connectivity index (χ2v) is 8.85. The summed E-state index contributed by atoms with van der Waals surface area (Å²) in [6, 6.07) is 22.3. The highest BCUT2D eigenvalue weighted by atomic mass is 16.1. The molecule has 2 aliphatic heterocycles. The topological polar surface area (TPSA) is 142 Å². The average Bonchev–Trinajstić information content (AvgIpc) is 3.80. The molecule has 2 amide bonds. The Hall–Kier alpha value is -5.76. The Morgan fingerprint density at radius 1 is 0.550 bits per heavy atom. The first kappa shape index (κ1) is 25.9. The summed E-state index contributed by atoms with van der Waals surface area (Å²) in [7, 11) is 0. The summed E-state index contributed by atoms with van der Waals surface area (Å²) in [6.45, 7) is 0. The fourth-order valence-electron chi connectivity index (χ4n) is 4.35. The Balaban J connectivity index is 0.000000161. The molecule has 4 heterocycles. The third-order valence-corrected chi connectivity index (χ3v) is 6.27. The summed E-state index contributed by atoms with van der Waals surface area (Å²) in [4.78, 5) is 37.4. The van der Waals surface area contributed by atoms with Crippen molar-refractivity contribution in [3.63, 3.8) is 0 Å². The van der Waals surface area contributed by atoms with E-state index in [1.807, 2.05) is 85.2 Å². The zero-order chi connectivity index (χ0) is 27.9. The van der Waals surface area contributed by atoms with E-state index in [0.717, 1.165) is 45.1 Å². The standard InChI is InChI=1S/2C16H13N3O/c2*17-16(20)12-7-5-11(6-8-12)15(13-3-1-9-18-13)14-4-2-10-19-14/h2*1-10,18H,(H2,17,20)/b2*15-14-. The number of nitrogens with one attached hydrogen (secondary N) is 2. The Bertz CT molecular complexity index is 1540. The van der Waals surface area contributed by atoms with E-state index in [0.29, 0.717) is 11.1 Å². The normalized spacial score (nSPS) is 15.6. The Morgan fingerprint density at radius 3 is 1.20 bits per heavy atom. The van der Waals surface area contributed by atoms with Gasteiger partial charge in [-0.05, 0) is 84.0 Å². The number of aliphatic imine (C=N–C) groups is 2. The van der Waals surface area contributed by atoms with Gasteiger partial charge >= 0.3 is 0 Å². The molecule has 2 aliphatic rings. The molecule has 196 valence electrons. The van der Waals surface area contributed by atoms with E-state index in [1.165, 1.54) is 0 Å². The highest BCUT2D eigenvalue weighted by molar-refractivity contribution is 5.95. The van der Waals surface area contributed by atoms with Gasteiger partial charge in [0, 0.05) is 58.5 Å². The van der Waals surface area contributed by atoms with Gasteiger partial charge in [-0.2, -0.15) is 0 Å². The predicted octanol–water partition coefficient (Wildman–Crippen LogP) is 5.03. The number of aromatic amines is 2. The van der Waals surface area contributed by atoms with Gasteiger partial charge < -0.3 is 21.4 Å². The number of carbonyl (C=O) groups excluding carboxylic acids is 2. The molecule has 0 bridgehead atoms. The molecular formula is C32H26N6O2. The molecule has 2 aromatic heterocycles. The smallest absolute Gasteiger partial charge is 0.248 e. The van der Waals surface area contributed by atoms with E-state index < -0.39 is 11.8 Å². The summed E-state index contributed by atoms with van der Waals surface area (Å²) in [5.41, 5.74) is 19.2. The lowest BCUT2D eigenvalue weighted by molar-refractivity contribution is 0.0992. The minimum atomic E-state index is -0.426. The second-order valence-electron chi connectivity index (χ2n) is 8.85. The van der Waals surface area contributed by atoms with Crippen molar-refractivity contribution in [1.82, 2.24) is 9.97 Å². The Morgan fingerprint density at radius 2 is 0.925 bits per heavy atom. The molecule has 0 aliphatic carbocycles. The van der Waals surface area contributed by atoms with Crippen LogP contribution in [0, 0.1) is 0 Å². The molecule has 8 nitrogen and oxygen atoms in total. The molecule has 2 aromatic carbocycles. The molecule has 0 saturated carbocycles. The van der Waals surface area contributed by atoms with Gasteiger partial charge in [-0.3, -0.25) is 19.6 Å². The third-order valence-electron chi connectivity index (χ3n) is 6.27. The number of allylic oxidation sites excluding steroid dienone is 4. The quantitative estimate of drug-likeness (QED) is 0.280. The molecule has 6 N–H and O–H groups in total. The monoisotopic (exact) mass is 526 g/mol. The van der Waals surface area contributed by atoms with Gasteiger partial charge in [0.25, 0.3) is 0 Å². The van der Waals surface area contributed by atoms with Crippen LogP contribution in [0.4, 0.5) is 0 Å². The Kier molecular flexibility index (Phi) is 7.60. The number of benzene rings is 2. The molecular weight excluding hydrogens is 500 g/mol. The number of amides is 2. The largest absolute Gasteiger partial charge is 0.366 e. The van der Waals surface area contributed by atoms with E-state index in [-0.39, 0.29) is 0 Å². The van der Waals surface area contributed by atoms with E-state index in [4.69, 9.17) is 11.5 Å². The Labute approximate surface area is 230 Å². The van der Waals surface area contributed by atoms with Crippen LogP contribution < -0.4 is 11.5 Å². The summed E-state index contributed by atoms with van der Waals surface area (Å²) in [5.74, 6) is -0.853. The molecule has 0 spiro atoms. The first-order valence-corrected chi connectivity index (χ1v) is 12.5. The molecule has 6 rings (SSSR count). The maximum Gasteiger partial charge on any atom is 0.248 e. The van der Waals surface area contributed by atoms with Crippen LogP contribution in [0.2, 0.25) is 0 Å². The number of primary amides is 2. The first-order valence-electron chi connectivity index (χ1n) is 12.5. The van der Waals surface area contributed by atoms with Gasteiger partial charge in [0.2, 0.25) is 11.8 Å². The van der Waals surface area contributed by atoms with Crippen LogP contribution in [0.25, 0.3) is 11.1 Å². The summed E-state index contributed by atoms with van der Waals surface area (Å²) < 4.78 is 0. The van der Waals surface area contributed by atoms with Crippen LogP contribution in [0.3, 0.4) is 0 Å². The third kappa shape index (κ3) is 5.71.